The monoisotopic (exact) mass is 381 g/mol. The van der Waals surface area contributed by atoms with Gasteiger partial charge in [-0.2, -0.15) is 5.10 Å². The summed E-state index contributed by atoms with van der Waals surface area (Å²) in [6.07, 6.45) is 1.05. The number of aromatic amines is 1. The van der Waals surface area contributed by atoms with Crippen LogP contribution in [0.5, 0.6) is 17.2 Å². The van der Waals surface area contributed by atoms with Crippen molar-refractivity contribution in [2.75, 3.05) is 33.4 Å². The van der Waals surface area contributed by atoms with E-state index in [1.54, 1.807) is 0 Å². The molecule has 1 N–H and O–H groups in total. The van der Waals surface area contributed by atoms with Crippen LogP contribution in [0.2, 0.25) is 0 Å². The maximum Gasteiger partial charge on any atom is 0.124 e. The minimum atomic E-state index is 0.0827. The van der Waals surface area contributed by atoms with Gasteiger partial charge in [0.25, 0.3) is 0 Å². The summed E-state index contributed by atoms with van der Waals surface area (Å²) in [4.78, 5) is 2.26. The van der Waals surface area contributed by atoms with Gasteiger partial charge < -0.3 is 19.1 Å². The summed E-state index contributed by atoms with van der Waals surface area (Å²) in [5.74, 6) is 2.43. The third-order valence-corrected chi connectivity index (χ3v) is 4.75. The fraction of sp³-hybridized carbons (Fsp3) is 0.409. The summed E-state index contributed by atoms with van der Waals surface area (Å²) < 4.78 is 18.0. The third-order valence-electron chi connectivity index (χ3n) is 4.75. The Labute approximate surface area is 165 Å². The Kier molecular flexibility index (Phi) is 5.39. The van der Waals surface area contributed by atoms with Crippen LogP contribution < -0.4 is 14.2 Å². The molecule has 4 bridgehead atoms. The molecule has 0 atom stereocenters. The highest BCUT2D eigenvalue weighted by Crippen LogP contribution is 2.34. The standard InChI is InChI=1S/C22H27N3O3/c1-15(2)28-19-12-16-11-18(13-19)27-10-8-25(3)7-4-9-26-17-5-6-21-20(14-17)22(16)24-23-21/h5-6,11-15H,4,7-10H2,1-3H3,(H,23,24). The van der Waals surface area contributed by atoms with Gasteiger partial charge in [-0.1, -0.05) is 0 Å². The summed E-state index contributed by atoms with van der Waals surface area (Å²) >= 11 is 0. The van der Waals surface area contributed by atoms with E-state index in [1.165, 1.54) is 0 Å². The largest absolute Gasteiger partial charge is 0.494 e. The predicted molar refractivity (Wildman–Crippen MR) is 110 cm³/mol. The number of aromatic nitrogens is 2. The van der Waals surface area contributed by atoms with Gasteiger partial charge in [0, 0.05) is 30.1 Å². The quantitative estimate of drug-likeness (QED) is 0.724. The maximum atomic E-state index is 6.05. The average Bonchev–Trinajstić information content (AvgIpc) is 3.07. The molecule has 6 heteroatoms. The van der Waals surface area contributed by atoms with E-state index >= 15 is 0 Å². The fourth-order valence-electron chi connectivity index (χ4n) is 3.39. The normalized spacial score (nSPS) is 15.7. The number of rotatable bonds is 2. The van der Waals surface area contributed by atoms with Crippen molar-refractivity contribution < 1.29 is 14.2 Å². The van der Waals surface area contributed by atoms with Crippen LogP contribution in [-0.4, -0.2) is 54.6 Å². The van der Waals surface area contributed by atoms with Crippen molar-refractivity contribution in [3.8, 4) is 28.5 Å². The zero-order valence-corrected chi connectivity index (χ0v) is 16.7. The molecule has 1 aliphatic heterocycles. The molecule has 1 aromatic heterocycles. The predicted octanol–water partition coefficient (Wildman–Crippen LogP) is 4.11. The second-order valence-corrected chi connectivity index (χ2v) is 7.49. The van der Waals surface area contributed by atoms with Crippen LogP contribution in [0.15, 0.2) is 36.4 Å². The van der Waals surface area contributed by atoms with E-state index in [0.717, 1.165) is 58.9 Å². The highest BCUT2D eigenvalue weighted by atomic mass is 16.5. The van der Waals surface area contributed by atoms with E-state index in [4.69, 9.17) is 14.2 Å². The van der Waals surface area contributed by atoms with Gasteiger partial charge in [-0.25, -0.2) is 0 Å². The van der Waals surface area contributed by atoms with Crippen molar-refractivity contribution in [2.45, 2.75) is 26.4 Å². The Bertz CT molecular complexity index is 951. The summed E-state index contributed by atoms with van der Waals surface area (Å²) in [6, 6.07) is 12.0. The lowest BCUT2D eigenvalue weighted by Gasteiger charge is -2.18. The molecule has 0 saturated carbocycles. The smallest absolute Gasteiger partial charge is 0.124 e. The molecule has 0 aliphatic carbocycles. The molecule has 2 heterocycles. The molecule has 3 aromatic rings. The first-order chi connectivity index (χ1) is 13.6. The molecule has 6 nitrogen and oxygen atoms in total. The zero-order valence-electron chi connectivity index (χ0n) is 16.7. The first-order valence-electron chi connectivity index (χ1n) is 9.83. The minimum absolute atomic E-state index is 0.0827. The number of hydrogen-bond donors (Lipinski definition) is 1. The van der Waals surface area contributed by atoms with E-state index in [9.17, 15) is 0 Å². The number of ether oxygens (including phenoxy) is 3. The molecule has 2 aromatic carbocycles. The van der Waals surface area contributed by atoms with E-state index in [-0.39, 0.29) is 6.10 Å². The number of nitrogens with one attached hydrogen (secondary N) is 1. The topological polar surface area (TPSA) is 59.6 Å². The van der Waals surface area contributed by atoms with Crippen LogP contribution in [0.4, 0.5) is 0 Å². The SMILES string of the molecule is CC(C)Oc1cc2cc(c1)-c1n[nH]c3ccc(cc13)OCCCN(C)CCO2. The van der Waals surface area contributed by atoms with Crippen LogP contribution >= 0.6 is 0 Å². The molecule has 1 aliphatic rings. The molecular weight excluding hydrogens is 354 g/mol. The molecule has 148 valence electrons. The lowest BCUT2D eigenvalue weighted by atomic mass is 10.1. The Balaban J connectivity index is 1.79. The first-order valence-corrected chi connectivity index (χ1v) is 9.83. The second-order valence-electron chi connectivity index (χ2n) is 7.49. The van der Waals surface area contributed by atoms with Crippen LogP contribution in [0, 0.1) is 0 Å². The van der Waals surface area contributed by atoms with Gasteiger partial charge in [-0.3, -0.25) is 5.10 Å². The van der Waals surface area contributed by atoms with Crippen molar-refractivity contribution in [1.82, 2.24) is 15.1 Å². The molecule has 0 saturated heterocycles. The molecule has 28 heavy (non-hydrogen) atoms. The summed E-state index contributed by atoms with van der Waals surface area (Å²) in [6.45, 7) is 7.15. The molecule has 0 amide bonds. The molecule has 4 rings (SSSR count). The average molecular weight is 381 g/mol. The summed E-state index contributed by atoms with van der Waals surface area (Å²) in [5, 5.41) is 8.69. The Morgan fingerprint density at radius 3 is 2.75 bits per heavy atom. The number of benzene rings is 2. The highest BCUT2D eigenvalue weighted by molar-refractivity contribution is 5.94. The van der Waals surface area contributed by atoms with Crippen LogP contribution in [0.1, 0.15) is 20.3 Å². The molecule has 0 spiro atoms. The van der Waals surface area contributed by atoms with Gasteiger partial charge in [0.2, 0.25) is 0 Å². The third kappa shape index (κ3) is 4.22. The van der Waals surface area contributed by atoms with Crippen molar-refractivity contribution in [1.29, 1.82) is 0 Å². The molecular formula is C22H27N3O3. The number of nitrogens with zero attached hydrogens (tertiary/aromatic N) is 2. The van der Waals surface area contributed by atoms with Crippen molar-refractivity contribution in [3.63, 3.8) is 0 Å². The van der Waals surface area contributed by atoms with Gasteiger partial charge in [0.1, 0.15) is 29.5 Å². The lowest BCUT2D eigenvalue weighted by Crippen LogP contribution is -2.26. The van der Waals surface area contributed by atoms with Gasteiger partial charge in [-0.15, -0.1) is 0 Å². The Morgan fingerprint density at radius 1 is 1.04 bits per heavy atom. The summed E-state index contributed by atoms with van der Waals surface area (Å²) in [7, 11) is 2.10. The van der Waals surface area contributed by atoms with Gasteiger partial charge in [0.05, 0.1) is 18.2 Å². The number of fused-ring (bicyclic) bond motifs is 4. The van der Waals surface area contributed by atoms with E-state index in [0.29, 0.717) is 13.2 Å². The number of likely N-dealkylation sites (N-methyl/N-ethyl adjacent to an activating group) is 1. The Hall–Kier alpha value is -2.73. The van der Waals surface area contributed by atoms with Crippen molar-refractivity contribution >= 4 is 10.9 Å². The van der Waals surface area contributed by atoms with Gasteiger partial charge in [0.15, 0.2) is 0 Å². The number of hydrogen-bond acceptors (Lipinski definition) is 5. The van der Waals surface area contributed by atoms with Crippen molar-refractivity contribution in [2.24, 2.45) is 0 Å². The first kappa shape index (κ1) is 18.6. The Morgan fingerprint density at radius 2 is 1.89 bits per heavy atom. The fourth-order valence-corrected chi connectivity index (χ4v) is 3.39. The van der Waals surface area contributed by atoms with E-state index < -0.39 is 0 Å². The lowest BCUT2D eigenvalue weighted by molar-refractivity contribution is 0.217. The second kappa shape index (κ2) is 8.10. The number of H-pyrrole nitrogens is 1. The molecule has 0 unspecified atom stereocenters. The zero-order chi connectivity index (χ0) is 19.5. The highest BCUT2D eigenvalue weighted by Gasteiger charge is 2.14. The molecule has 0 fully saturated rings. The van der Waals surface area contributed by atoms with Crippen LogP contribution in [0.25, 0.3) is 22.2 Å². The minimum Gasteiger partial charge on any atom is -0.494 e. The van der Waals surface area contributed by atoms with E-state index in [2.05, 4.69) is 22.1 Å². The maximum absolute atomic E-state index is 6.05. The van der Waals surface area contributed by atoms with Crippen LogP contribution in [-0.2, 0) is 0 Å². The van der Waals surface area contributed by atoms with Crippen molar-refractivity contribution in [3.05, 3.63) is 36.4 Å². The van der Waals surface area contributed by atoms with Gasteiger partial charge in [-0.05, 0) is 57.6 Å². The van der Waals surface area contributed by atoms with Crippen LogP contribution in [0.3, 0.4) is 0 Å². The van der Waals surface area contributed by atoms with Gasteiger partial charge >= 0.3 is 0 Å². The van der Waals surface area contributed by atoms with E-state index in [1.807, 2.05) is 50.2 Å². The summed E-state index contributed by atoms with van der Waals surface area (Å²) in [5.41, 5.74) is 2.80. The molecule has 0 radical (unpaired) electrons.